The Bertz CT molecular complexity index is 502. The van der Waals surface area contributed by atoms with E-state index in [0.29, 0.717) is 11.5 Å². The molecule has 0 radical (unpaired) electrons. The summed E-state index contributed by atoms with van der Waals surface area (Å²) in [4.78, 5) is 0. The molecule has 0 aliphatic carbocycles. The third kappa shape index (κ3) is 2.64. The number of hydrogen-bond acceptors (Lipinski definition) is 4. The van der Waals surface area contributed by atoms with Crippen molar-refractivity contribution < 1.29 is 17.7 Å². The second-order valence-corrected chi connectivity index (χ2v) is 3.41. The molecule has 0 amide bonds. The Balaban J connectivity index is 2.11. The van der Waals surface area contributed by atoms with Crippen molar-refractivity contribution in [3.8, 4) is 0 Å². The standard InChI is InChI=1S/C9H9F3N4O/c10-9(11,12)6-3-14-16(4-6)5-8-1-7(2-13)15-17-8/h1,3-4H,2,5,13H2. The van der Waals surface area contributed by atoms with Crippen LogP contribution in [0.15, 0.2) is 23.0 Å². The summed E-state index contributed by atoms with van der Waals surface area (Å²) in [6, 6.07) is 1.58. The lowest BCUT2D eigenvalue weighted by atomic mass is 10.3. The molecule has 0 fully saturated rings. The largest absolute Gasteiger partial charge is 0.419 e. The highest BCUT2D eigenvalue weighted by Crippen LogP contribution is 2.28. The molecule has 2 heterocycles. The molecule has 0 saturated heterocycles. The molecule has 0 bridgehead atoms. The van der Waals surface area contributed by atoms with Crippen molar-refractivity contribution in [1.82, 2.24) is 14.9 Å². The molecule has 2 aromatic rings. The highest BCUT2D eigenvalue weighted by molar-refractivity contribution is 5.10. The van der Waals surface area contributed by atoms with Crippen LogP contribution < -0.4 is 5.73 Å². The average Bonchev–Trinajstić information content (AvgIpc) is 2.86. The number of alkyl halides is 3. The fraction of sp³-hybridized carbons (Fsp3) is 0.333. The Morgan fingerprint density at radius 2 is 2.18 bits per heavy atom. The second-order valence-electron chi connectivity index (χ2n) is 3.41. The SMILES string of the molecule is NCc1cc(Cn2cc(C(F)(F)F)cn2)on1. The Morgan fingerprint density at radius 1 is 1.41 bits per heavy atom. The number of aromatic nitrogens is 3. The van der Waals surface area contributed by atoms with E-state index in [2.05, 4.69) is 10.3 Å². The zero-order valence-corrected chi connectivity index (χ0v) is 8.61. The van der Waals surface area contributed by atoms with Gasteiger partial charge in [0, 0.05) is 18.8 Å². The lowest BCUT2D eigenvalue weighted by Crippen LogP contribution is -2.03. The van der Waals surface area contributed by atoms with Crippen molar-refractivity contribution in [2.24, 2.45) is 5.73 Å². The minimum atomic E-state index is -4.39. The number of hydrogen-bond donors (Lipinski definition) is 1. The summed E-state index contributed by atoms with van der Waals surface area (Å²) >= 11 is 0. The van der Waals surface area contributed by atoms with Crippen molar-refractivity contribution in [3.05, 3.63) is 35.5 Å². The van der Waals surface area contributed by atoms with Crippen molar-refractivity contribution in [2.45, 2.75) is 19.3 Å². The monoisotopic (exact) mass is 246 g/mol. The smallest absolute Gasteiger partial charge is 0.359 e. The number of nitrogens with zero attached hydrogens (tertiary/aromatic N) is 3. The van der Waals surface area contributed by atoms with Crippen molar-refractivity contribution in [2.75, 3.05) is 0 Å². The van der Waals surface area contributed by atoms with Gasteiger partial charge in [-0.15, -0.1) is 0 Å². The van der Waals surface area contributed by atoms with E-state index in [4.69, 9.17) is 10.3 Å². The van der Waals surface area contributed by atoms with Crippen LogP contribution in [0.1, 0.15) is 17.0 Å². The molecule has 0 aromatic carbocycles. The maximum absolute atomic E-state index is 12.3. The molecule has 0 aliphatic heterocycles. The molecule has 0 spiro atoms. The van der Waals surface area contributed by atoms with Crippen LogP contribution >= 0.6 is 0 Å². The molecule has 2 aromatic heterocycles. The number of halogens is 3. The van der Waals surface area contributed by atoms with E-state index >= 15 is 0 Å². The van der Waals surface area contributed by atoms with E-state index < -0.39 is 11.7 Å². The molecule has 2 N–H and O–H groups in total. The van der Waals surface area contributed by atoms with E-state index in [1.54, 1.807) is 6.07 Å². The first-order valence-corrected chi connectivity index (χ1v) is 4.73. The fourth-order valence-electron chi connectivity index (χ4n) is 1.28. The highest BCUT2D eigenvalue weighted by atomic mass is 19.4. The first kappa shape index (κ1) is 11.6. The molecule has 5 nitrogen and oxygen atoms in total. The quantitative estimate of drug-likeness (QED) is 0.888. The topological polar surface area (TPSA) is 69.9 Å². The third-order valence-electron chi connectivity index (χ3n) is 2.10. The zero-order chi connectivity index (χ0) is 12.5. The molecular weight excluding hydrogens is 237 g/mol. The summed E-state index contributed by atoms with van der Waals surface area (Å²) in [6.45, 7) is 0.305. The van der Waals surface area contributed by atoms with Crippen molar-refractivity contribution in [1.29, 1.82) is 0 Å². The van der Waals surface area contributed by atoms with E-state index in [1.807, 2.05) is 0 Å². The molecule has 8 heteroatoms. The molecule has 0 atom stereocenters. The van der Waals surface area contributed by atoms with Crippen molar-refractivity contribution >= 4 is 0 Å². The van der Waals surface area contributed by atoms with Crippen LogP contribution in [0.25, 0.3) is 0 Å². The van der Waals surface area contributed by atoms with Gasteiger partial charge in [0.15, 0.2) is 5.76 Å². The summed E-state index contributed by atoms with van der Waals surface area (Å²) in [7, 11) is 0. The molecular formula is C9H9F3N4O. The number of rotatable bonds is 3. The maximum Gasteiger partial charge on any atom is 0.419 e. The predicted octanol–water partition coefficient (Wildman–Crippen LogP) is 1.40. The minimum Gasteiger partial charge on any atom is -0.359 e. The molecule has 17 heavy (non-hydrogen) atoms. The van der Waals surface area contributed by atoms with Gasteiger partial charge in [-0.05, 0) is 0 Å². The van der Waals surface area contributed by atoms with E-state index in [9.17, 15) is 13.2 Å². The maximum atomic E-state index is 12.3. The summed E-state index contributed by atoms with van der Waals surface area (Å²) in [5, 5.41) is 7.21. The Labute approximate surface area is 94.0 Å². The van der Waals surface area contributed by atoms with Crippen LogP contribution in [0.2, 0.25) is 0 Å². The number of nitrogens with two attached hydrogens (primary N) is 1. The third-order valence-corrected chi connectivity index (χ3v) is 2.10. The Morgan fingerprint density at radius 3 is 2.71 bits per heavy atom. The van der Waals surface area contributed by atoms with Gasteiger partial charge in [-0.3, -0.25) is 4.68 Å². The van der Waals surface area contributed by atoms with Gasteiger partial charge in [0.1, 0.15) is 6.54 Å². The minimum absolute atomic E-state index is 0.0864. The van der Waals surface area contributed by atoms with Crippen LogP contribution in [-0.4, -0.2) is 14.9 Å². The Kier molecular flexibility index (Phi) is 2.88. The van der Waals surface area contributed by atoms with Gasteiger partial charge in [-0.2, -0.15) is 18.3 Å². The summed E-state index contributed by atoms with van der Waals surface area (Å²) in [5.74, 6) is 0.405. The van der Waals surface area contributed by atoms with Crippen molar-refractivity contribution in [3.63, 3.8) is 0 Å². The summed E-state index contributed by atoms with van der Waals surface area (Å²) in [5.41, 5.74) is 5.07. The first-order chi connectivity index (χ1) is 7.99. The zero-order valence-electron chi connectivity index (χ0n) is 8.61. The highest BCUT2D eigenvalue weighted by Gasteiger charge is 2.32. The Hall–Kier alpha value is -1.83. The lowest BCUT2D eigenvalue weighted by molar-refractivity contribution is -0.137. The van der Waals surface area contributed by atoms with Gasteiger partial charge >= 0.3 is 6.18 Å². The van der Waals surface area contributed by atoms with Crippen LogP contribution in [0, 0.1) is 0 Å². The van der Waals surface area contributed by atoms with Crippen LogP contribution in [-0.2, 0) is 19.3 Å². The lowest BCUT2D eigenvalue weighted by Gasteiger charge is -2.00. The molecule has 2 rings (SSSR count). The molecule has 92 valence electrons. The van der Waals surface area contributed by atoms with Gasteiger partial charge in [-0.1, -0.05) is 5.16 Å². The average molecular weight is 246 g/mol. The van der Waals surface area contributed by atoms with Gasteiger partial charge in [0.2, 0.25) is 0 Å². The first-order valence-electron chi connectivity index (χ1n) is 4.73. The predicted molar refractivity (Wildman–Crippen MR) is 50.7 cm³/mol. The van der Waals surface area contributed by atoms with Gasteiger partial charge in [0.25, 0.3) is 0 Å². The van der Waals surface area contributed by atoms with E-state index in [0.717, 1.165) is 17.1 Å². The fourth-order valence-corrected chi connectivity index (χ4v) is 1.28. The molecule has 0 saturated carbocycles. The van der Waals surface area contributed by atoms with E-state index in [-0.39, 0.29) is 13.1 Å². The van der Waals surface area contributed by atoms with Gasteiger partial charge < -0.3 is 10.3 Å². The van der Waals surface area contributed by atoms with Gasteiger partial charge in [0.05, 0.1) is 17.5 Å². The molecule has 0 aliphatic rings. The van der Waals surface area contributed by atoms with Crippen LogP contribution in [0.5, 0.6) is 0 Å². The summed E-state index contributed by atoms with van der Waals surface area (Å²) < 4.78 is 42.9. The van der Waals surface area contributed by atoms with Crippen LogP contribution in [0.4, 0.5) is 13.2 Å². The second kappa shape index (κ2) is 4.21. The van der Waals surface area contributed by atoms with E-state index in [1.165, 1.54) is 0 Å². The normalized spacial score (nSPS) is 12.0. The van der Waals surface area contributed by atoms with Crippen LogP contribution in [0.3, 0.4) is 0 Å². The van der Waals surface area contributed by atoms with Gasteiger partial charge in [-0.25, -0.2) is 0 Å². The summed E-state index contributed by atoms with van der Waals surface area (Å²) in [6.07, 6.45) is -2.72. The molecule has 0 unspecified atom stereocenters.